The van der Waals surface area contributed by atoms with Gasteiger partial charge in [-0.25, -0.2) is 9.97 Å². The zero-order valence-electron chi connectivity index (χ0n) is 13.9. The molecule has 0 spiro atoms. The largest absolute Gasteiger partial charge is 0.460 e. The average Bonchev–Trinajstić information content (AvgIpc) is 3.21. The van der Waals surface area contributed by atoms with Crippen LogP contribution < -0.4 is 10.5 Å². The van der Waals surface area contributed by atoms with Gasteiger partial charge in [-0.3, -0.25) is 4.57 Å². The second-order valence-corrected chi connectivity index (χ2v) is 6.08. The third-order valence-corrected chi connectivity index (χ3v) is 4.36. The van der Waals surface area contributed by atoms with Crippen molar-refractivity contribution in [1.29, 1.82) is 0 Å². The minimum atomic E-state index is -0.788. The highest BCUT2D eigenvalue weighted by molar-refractivity contribution is 5.82. The van der Waals surface area contributed by atoms with E-state index < -0.39 is 18.4 Å². The maximum absolute atomic E-state index is 10.1. The van der Waals surface area contributed by atoms with E-state index in [0.717, 1.165) is 5.56 Å². The van der Waals surface area contributed by atoms with E-state index in [1.807, 2.05) is 30.3 Å². The van der Waals surface area contributed by atoms with Gasteiger partial charge >= 0.3 is 6.01 Å². The van der Waals surface area contributed by atoms with Crippen molar-refractivity contribution in [1.82, 2.24) is 19.5 Å². The quantitative estimate of drug-likeness (QED) is 0.606. The van der Waals surface area contributed by atoms with E-state index in [1.165, 1.54) is 6.33 Å². The van der Waals surface area contributed by atoms with Crippen LogP contribution in [-0.2, 0) is 11.3 Å². The number of anilines is 1. The Morgan fingerprint density at radius 3 is 2.81 bits per heavy atom. The number of aliphatic hydroxyl groups is 2. The molecule has 1 aliphatic heterocycles. The number of nitrogen functional groups attached to an aromatic ring is 1. The Bertz CT molecular complexity index is 901. The molecule has 1 fully saturated rings. The molecular weight excluding hydrogens is 338 g/mol. The monoisotopic (exact) mass is 357 g/mol. The van der Waals surface area contributed by atoms with Crippen LogP contribution in [0.4, 0.5) is 5.82 Å². The fourth-order valence-corrected chi connectivity index (χ4v) is 3.03. The van der Waals surface area contributed by atoms with Gasteiger partial charge in [-0.1, -0.05) is 30.3 Å². The molecule has 136 valence electrons. The zero-order valence-corrected chi connectivity index (χ0v) is 13.9. The molecule has 1 aromatic carbocycles. The molecule has 0 radical (unpaired) electrons. The van der Waals surface area contributed by atoms with E-state index in [4.69, 9.17) is 15.2 Å². The van der Waals surface area contributed by atoms with Gasteiger partial charge in [-0.15, -0.1) is 0 Å². The van der Waals surface area contributed by atoms with Gasteiger partial charge in [0.1, 0.15) is 25.3 Å². The van der Waals surface area contributed by atoms with Crippen molar-refractivity contribution < 1.29 is 19.7 Å². The maximum Gasteiger partial charge on any atom is 0.301 e. The SMILES string of the molecule is Nc1ncnc2c1nc(OCc1ccccc1)n2[C@@H]1C[C@@H](O)[C@H](CO)O1. The van der Waals surface area contributed by atoms with Crippen molar-refractivity contribution in [3.05, 3.63) is 42.2 Å². The van der Waals surface area contributed by atoms with Crippen molar-refractivity contribution in [3.63, 3.8) is 0 Å². The molecule has 3 aromatic rings. The molecule has 9 nitrogen and oxygen atoms in total. The summed E-state index contributed by atoms with van der Waals surface area (Å²) in [5.74, 6) is 0.232. The lowest BCUT2D eigenvalue weighted by Crippen LogP contribution is -2.24. The fourth-order valence-electron chi connectivity index (χ4n) is 3.03. The highest BCUT2D eigenvalue weighted by Crippen LogP contribution is 2.35. The summed E-state index contributed by atoms with van der Waals surface area (Å²) in [6.07, 6.45) is -0.414. The molecule has 2 aromatic heterocycles. The van der Waals surface area contributed by atoms with Crippen molar-refractivity contribution in [2.45, 2.75) is 31.5 Å². The van der Waals surface area contributed by atoms with Crippen LogP contribution in [0, 0.1) is 0 Å². The molecule has 1 aliphatic rings. The second kappa shape index (κ2) is 6.87. The molecule has 3 heterocycles. The number of aromatic nitrogens is 4. The molecular formula is C17H19N5O4. The molecule has 26 heavy (non-hydrogen) atoms. The number of nitrogens with two attached hydrogens (primary N) is 1. The lowest BCUT2D eigenvalue weighted by Gasteiger charge is -2.16. The number of aliphatic hydroxyl groups excluding tert-OH is 2. The van der Waals surface area contributed by atoms with Gasteiger partial charge in [0, 0.05) is 6.42 Å². The Labute approximate surface area is 149 Å². The van der Waals surface area contributed by atoms with Crippen LogP contribution in [0.25, 0.3) is 11.2 Å². The van der Waals surface area contributed by atoms with Crippen LogP contribution in [-0.4, -0.2) is 48.5 Å². The van der Waals surface area contributed by atoms with Crippen LogP contribution in [0.3, 0.4) is 0 Å². The second-order valence-electron chi connectivity index (χ2n) is 6.08. The fraction of sp³-hybridized carbons (Fsp3) is 0.353. The number of fused-ring (bicyclic) bond motifs is 1. The van der Waals surface area contributed by atoms with Gasteiger partial charge in [0.2, 0.25) is 0 Å². The van der Waals surface area contributed by atoms with Gasteiger partial charge in [0.05, 0.1) is 12.7 Å². The first kappa shape index (κ1) is 16.7. The molecule has 3 atom stereocenters. The van der Waals surface area contributed by atoms with Crippen LogP contribution in [0.2, 0.25) is 0 Å². The number of rotatable bonds is 5. The molecule has 0 aliphatic carbocycles. The first-order valence-electron chi connectivity index (χ1n) is 8.27. The highest BCUT2D eigenvalue weighted by Gasteiger charge is 2.37. The van der Waals surface area contributed by atoms with Gasteiger partial charge in [0.15, 0.2) is 17.0 Å². The third-order valence-electron chi connectivity index (χ3n) is 4.36. The van der Waals surface area contributed by atoms with E-state index >= 15 is 0 Å². The van der Waals surface area contributed by atoms with Gasteiger partial charge in [-0.2, -0.15) is 4.98 Å². The van der Waals surface area contributed by atoms with Crippen LogP contribution in [0.15, 0.2) is 36.7 Å². The van der Waals surface area contributed by atoms with Crippen molar-refractivity contribution in [3.8, 4) is 6.01 Å². The molecule has 1 saturated heterocycles. The summed E-state index contributed by atoms with van der Waals surface area (Å²) in [6, 6.07) is 9.93. The van der Waals surface area contributed by atoms with Crippen LogP contribution in [0.5, 0.6) is 6.01 Å². The maximum atomic E-state index is 10.1. The molecule has 0 bridgehead atoms. The van der Waals surface area contributed by atoms with Crippen LogP contribution >= 0.6 is 0 Å². The smallest absolute Gasteiger partial charge is 0.301 e. The summed E-state index contributed by atoms with van der Waals surface area (Å²) < 4.78 is 13.3. The number of nitrogens with zero attached hydrogens (tertiary/aromatic N) is 4. The lowest BCUT2D eigenvalue weighted by atomic mass is 10.2. The number of imidazole rings is 1. The first-order chi connectivity index (χ1) is 12.7. The van der Waals surface area contributed by atoms with E-state index in [9.17, 15) is 10.2 Å². The molecule has 0 saturated carbocycles. The van der Waals surface area contributed by atoms with E-state index in [-0.39, 0.29) is 24.9 Å². The number of hydrogen-bond donors (Lipinski definition) is 3. The standard InChI is InChI=1S/C17H19N5O4/c18-15-14-16(20-9-19-15)22(13-6-11(24)12(7-23)26-13)17(21-14)25-8-10-4-2-1-3-5-10/h1-5,9,11-13,23-24H,6-8H2,(H2,18,19,20)/t11-,12+,13+/m1/s1. The van der Waals surface area contributed by atoms with E-state index in [0.29, 0.717) is 17.8 Å². The van der Waals surface area contributed by atoms with Gasteiger partial charge in [0.25, 0.3) is 0 Å². The number of ether oxygens (including phenoxy) is 2. The topological polar surface area (TPSA) is 129 Å². The molecule has 4 rings (SSSR count). The predicted molar refractivity (Wildman–Crippen MR) is 92.1 cm³/mol. The minimum Gasteiger partial charge on any atom is -0.460 e. The number of benzene rings is 1. The molecule has 0 unspecified atom stereocenters. The van der Waals surface area contributed by atoms with Gasteiger partial charge < -0.3 is 25.4 Å². The van der Waals surface area contributed by atoms with Crippen molar-refractivity contribution >= 4 is 17.0 Å². The Morgan fingerprint density at radius 1 is 1.27 bits per heavy atom. The highest BCUT2D eigenvalue weighted by atomic mass is 16.6. The third kappa shape index (κ3) is 2.96. The summed E-state index contributed by atoms with van der Waals surface area (Å²) in [7, 11) is 0. The van der Waals surface area contributed by atoms with Crippen molar-refractivity contribution in [2.75, 3.05) is 12.3 Å². The van der Waals surface area contributed by atoms with Crippen LogP contribution in [0.1, 0.15) is 18.2 Å². The van der Waals surface area contributed by atoms with Gasteiger partial charge in [-0.05, 0) is 5.56 Å². The first-order valence-corrected chi connectivity index (χ1v) is 8.27. The zero-order chi connectivity index (χ0) is 18.1. The lowest BCUT2D eigenvalue weighted by molar-refractivity contribution is -0.0456. The van der Waals surface area contributed by atoms with E-state index in [1.54, 1.807) is 4.57 Å². The van der Waals surface area contributed by atoms with E-state index in [2.05, 4.69) is 15.0 Å². The summed E-state index contributed by atoms with van der Waals surface area (Å²) in [4.78, 5) is 12.6. The minimum absolute atomic E-state index is 0.232. The summed E-state index contributed by atoms with van der Waals surface area (Å²) in [6.45, 7) is 0.0256. The molecule has 4 N–H and O–H groups in total. The summed E-state index contributed by atoms with van der Waals surface area (Å²) in [5, 5.41) is 19.4. The summed E-state index contributed by atoms with van der Waals surface area (Å²) >= 11 is 0. The Balaban J connectivity index is 1.71. The normalized spacial score (nSPS) is 22.8. The Morgan fingerprint density at radius 2 is 2.08 bits per heavy atom. The van der Waals surface area contributed by atoms with Crippen molar-refractivity contribution in [2.24, 2.45) is 0 Å². The average molecular weight is 357 g/mol. The Hall–Kier alpha value is -2.75. The number of hydrogen-bond acceptors (Lipinski definition) is 8. The molecule has 9 heteroatoms. The molecule has 0 amide bonds. The predicted octanol–water partition coefficient (Wildman–Crippen LogP) is 0.628. The Kier molecular flexibility index (Phi) is 4.41. The summed E-state index contributed by atoms with van der Waals surface area (Å²) in [5.41, 5.74) is 7.75.